The van der Waals surface area contributed by atoms with Crippen LogP contribution >= 0.6 is 0 Å². The van der Waals surface area contributed by atoms with E-state index in [1.807, 2.05) is 6.07 Å². The summed E-state index contributed by atoms with van der Waals surface area (Å²) in [6, 6.07) is 7.65. The van der Waals surface area contributed by atoms with Crippen molar-refractivity contribution < 1.29 is 4.39 Å². The van der Waals surface area contributed by atoms with Crippen molar-refractivity contribution in [3.8, 4) is 0 Å². The number of hydrogen-bond acceptors (Lipinski definition) is 2. The molecule has 3 heteroatoms. The largest absolute Gasteiger partial charge is 0.313 e. The molecule has 21 heavy (non-hydrogen) atoms. The summed E-state index contributed by atoms with van der Waals surface area (Å²) < 4.78 is 13.5. The van der Waals surface area contributed by atoms with Crippen molar-refractivity contribution in [3.05, 3.63) is 35.6 Å². The molecule has 0 aromatic heterocycles. The number of halogens is 1. The fraction of sp³-hybridized carbons (Fsp3) is 0.667. The number of nitrogens with zero attached hydrogens (tertiary/aromatic N) is 1. The first kappa shape index (κ1) is 16.4. The van der Waals surface area contributed by atoms with Crippen LogP contribution in [0.25, 0.3) is 0 Å². The lowest BCUT2D eigenvalue weighted by Crippen LogP contribution is -2.48. The molecular formula is C18H29FN2. The lowest BCUT2D eigenvalue weighted by atomic mass is 9.88. The lowest BCUT2D eigenvalue weighted by molar-refractivity contribution is 0.178. The zero-order valence-electron chi connectivity index (χ0n) is 13.6. The molecule has 1 aromatic rings. The molecule has 1 saturated heterocycles. The maximum atomic E-state index is 13.5. The van der Waals surface area contributed by atoms with Crippen molar-refractivity contribution in [1.29, 1.82) is 0 Å². The molecule has 1 fully saturated rings. The van der Waals surface area contributed by atoms with Crippen molar-refractivity contribution in [2.24, 2.45) is 5.92 Å². The number of rotatable bonds is 6. The monoisotopic (exact) mass is 292 g/mol. The van der Waals surface area contributed by atoms with Gasteiger partial charge in [0, 0.05) is 19.1 Å². The summed E-state index contributed by atoms with van der Waals surface area (Å²) in [6.07, 6.45) is 2.32. The van der Waals surface area contributed by atoms with Gasteiger partial charge in [-0.1, -0.05) is 32.9 Å². The van der Waals surface area contributed by atoms with Crippen LogP contribution in [0.4, 0.5) is 4.39 Å². The van der Waals surface area contributed by atoms with Crippen molar-refractivity contribution in [1.82, 2.24) is 10.2 Å². The molecule has 0 bridgehead atoms. The summed E-state index contributed by atoms with van der Waals surface area (Å²) in [6.45, 7) is 11.0. The average molecular weight is 292 g/mol. The minimum absolute atomic E-state index is 0.120. The molecule has 1 aliphatic heterocycles. The minimum atomic E-state index is -0.120. The van der Waals surface area contributed by atoms with Gasteiger partial charge in [-0.05, 0) is 55.5 Å². The van der Waals surface area contributed by atoms with E-state index in [0.717, 1.165) is 44.1 Å². The van der Waals surface area contributed by atoms with E-state index in [9.17, 15) is 4.39 Å². The van der Waals surface area contributed by atoms with Crippen LogP contribution in [0.1, 0.15) is 45.1 Å². The zero-order valence-corrected chi connectivity index (χ0v) is 13.6. The fourth-order valence-electron chi connectivity index (χ4n) is 3.17. The van der Waals surface area contributed by atoms with Gasteiger partial charge in [-0.3, -0.25) is 0 Å². The Balaban J connectivity index is 1.98. The van der Waals surface area contributed by atoms with Gasteiger partial charge in [0.25, 0.3) is 0 Å². The van der Waals surface area contributed by atoms with Crippen LogP contribution in [0.15, 0.2) is 24.3 Å². The zero-order chi connectivity index (χ0) is 15.2. The van der Waals surface area contributed by atoms with Gasteiger partial charge in [-0.2, -0.15) is 0 Å². The topological polar surface area (TPSA) is 15.3 Å². The van der Waals surface area contributed by atoms with Gasteiger partial charge in [-0.25, -0.2) is 4.39 Å². The molecule has 2 rings (SSSR count). The predicted molar refractivity (Wildman–Crippen MR) is 87.1 cm³/mol. The Hall–Kier alpha value is -0.930. The Morgan fingerprint density at radius 3 is 2.81 bits per heavy atom. The Kier molecular flexibility index (Phi) is 6.19. The minimum Gasteiger partial charge on any atom is -0.313 e. The van der Waals surface area contributed by atoms with Gasteiger partial charge in [0.05, 0.1) is 0 Å². The molecule has 0 saturated carbocycles. The molecular weight excluding hydrogens is 263 g/mol. The fourth-order valence-corrected chi connectivity index (χ4v) is 3.17. The summed E-state index contributed by atoms with van der Waals surface area (Å²) in [5.41, 5.74) is 1.14. The van der Waals surface area contributed by atoms with E-state index in [4.69, 9.17) is 0 Å². The predicted octanol–water partition coefficient (Wildman–Crippen LogP) is 3.64. The highest BCUT2D eigenvalue weighted by Crippen LogP contribution is 2.27. The van der Waals surface area contributed by atoms with Crippen LogP contribution in [0, 0.1) is 11.7 Å². The molecule has 2 nitrogen and oxygen atoms in total. The Labute approximate surface area is 128 Å². The van der Waals surface area contributed by atoms with Crippen molar-refractivity contribution in [2.75, 3.05) is 26.2 Å². The van der Waals surface area contributed by atoms with Gasteiger partial charge in [-0.15, -0.1) is 0 Å². The Morgan fingerprint density at radius 2 is 2.14 bits per heavy atom. The second kappa shape index (κ2) is 7.90. The molecule has 0 spiro atoms. The SMILES string of the molecule is CCN1CC(NCCC(C)C)CC(c2cccc(F)c2)C1. The molecule has 1 aromatic carbocycles. The molecule has 0 amide bonds. The van der Waals surface area contributed by atoms with Crippen LogP contribution < -0.4 is 5.32 Å². The highest BCUT2D eigenvalue weighted by atomic mass is 19.1. The molecule has 1 aliphatic rings. The lowest BCUT2D eigenvalue weighted by Gasteiger charge is -2.38. The number of benzene rings is 1. The van der Waals surface area contributed by atoms with Crippen LogP contribution in [0.5, 0.6) is 0 Å². The first-order valence-corrected chi connectivity index (χ1v) is 8.29. The second-order valence-corrected chi connectivity index (χ2v) is 6.67. The van der Waals surface area contributed by atoms with Gasteiger partial charge < -0.3 is 10.2 Å². The normalized spacial score (nSPS) is 23.7. The second-order valence-electron chi connectivity index (χ2n) is 6.67. The Bertz CT molecular complexity index is 433. The van der Waals surface area contributed by atoms with Gasteiger partial charge in [0.15, 0.2) is 0 Å². The van der Waals surface area contributed by atoms with Gasteiger partial charge in [0.1, 0.15) is 5.82 Å². The highest BCUT2D eigenvalue weighted by molar-refractivity contribution is 5.22. The van der Waals surface area contributed by atoms with Crippen molar-refractivity contribution >= 4 is 0 Å². The molecule has 118 valence electrons. The summed E-state index contributed by atoms with van der Waals surface area (Å²) >= 11 is 0. The van der Waals surface area contributed by atoms with E-state index in [1.54, 1.807) is 6.07 Å². The van der Waals surface area contributed by atoms with Crippen LogP contribution in [0.2, 0.25) is 0 Å². The van der Waals surface area contributed by atoms with E-state index in [-0.39, 0.29) is 5.82 Å². The maximum absolute atomic E-state index is 13.5. The van der Waals surface area contributed by atoms with Crippen LogP contribution in [0.3, 0.4) is 0 Å². The smallest absolute Gasteiger partial charge is 0.123 e. The van der Waals surface area contributed by atoms with E-state index < -0.39 is 0 Å². The number of nitrogens with one attached hydrogen (secondary N) is 1. The quantitative estimate of drug-likeness (QED) is 0.861. The van der Waals surface area contributed by atoms with Crippen molar-refractivity contribution in [3.63, 3.8) is 0 Å². The number of likely N-dealkylation sites (tertiary alicyclic amines) is 1. The first-order valence-electron chi connectivity index (χ1n) is 8.29. The molecule has 2 atom stereocenters. The van der Waals surface area contributed by atoms with E-state index in [1.165, 1.54) is 12.5 Å². The van der Waals surface area contributed by atoms with Gasteiger partial charge in [0.2, 0.25) is 0 Å². The third-order valence-corrected chi connectivity index (χ3v) is 4.45. The summed E-state index contributed by atoms with van der Waals surface area (Å²) in [4.78, 5) is 2.48. The first-order chi connectivity index (χ1) is 10.1. The van der Waals surface area contributed by atoms with Crippen LogP contribution in [-0.4, -0.2) is 37.1 Å². The van der Waals surface area contributed by atoms with Crippen LogP contribution in [-0.2, 0) is 0 Å². The molecule has 1 heterocycles. The van der Waals surface area contributed by atoms with E-state index >= 15 is 0 Å². The highest BCUT2D eigenvalue weighted by Gasteiger charge is 2.27. The molecule has 0 radical (unpaired) electrons. The van der Waals surface area contributed by atoms with E-state index in [0.29, 0.717) is 12.0 Å². The average Bonchev–Trinajstić information content (AvgIpc) is 2.46. The van der Waals surface area contributed by atoms with Gasteiger partial charge >= 0.3 is 0 Å². The summed E-state index contributed by atoms with van der Waals surface area (Å²) in [7, 11) is 0. The third kappa shape index (κ3) is 5.08. The standard InChI is InChI=1S/C18H29FN2/c1-4-21-12-16(15-6-5-7-17(19)10-15)11-18(13-21)20-9-8-14(2)3/h5-7,10,14,16,18,20H,4,8-9,11-13H2,1-3H3. The summed E-state index contributed by atoms with van der Waals surface area (Å²) in [5.74, 6) is 1.05. The number of piperidine rings is 1. The summed E-state index contributed by atoms with van der Waals surface area (Å²) in [5, 5.41) is 3.70. The number of likely N-dealkylation sites (N-methyl/N-ethyl adjacent to an activating group) is 1. The Morgan fingerprint density at radius 1 is 1.33 bits per heavy atom. The van der Waals surface area contributed by atoms with Crippen molar-refractivity contribution in [2.45, 2.75) is 45.6 Å². The van der Waals surface area contributed by atoms with E-state index in [2.05, 4.69) is 37.1 Å². The maximum Gasteiger partial charge on any atom is 0.123 e. The third-order valence-electron chi connectivity index (χ3n) is 4.45. The molecule has 0 aliphatic carbocycles. The molecule has 1 N–H and O–H groups in total. The molecule has 2 unspecified atom stereocenters. The number of hydrogen-bond donors (Lipinski definition) is 1.